The maximum atomic E-state index is 12.3. The molecule has 1 aliphatic rings. The summed E-state index contributed by atoms with van der Waals surface area (Å²) >= 11 is 0. The zero-order chi connectivity index (χ0) is 17.1. The molecule has 0 saturated carbocycles. The Morgan fingerprint density at radius 1 is 1.42 bits per heavy atom. The van der Waals surface area contributed by atoms with Crippen LogP contribution in [-0.4, -0.2) is 35.6 Å². The summed E-state index contributed by atoms with van der Waals surface area (Å²) in [6.07, 6.45) is 0.184. The molecule has 8 nitrogen and oxygen atoms in total. The van der Waals surface area contributed by atoms with Crippen molar-refractivity contribution in [1.29, 1.82) is 0 Å². The number of aromatic nitrogens is 2. The van der Waals surface area contributed by atoms with Crippen LogP contribution in [0.2, 0.25) is 0 Å². The summed E-state index contributed by atoms with van der Waals surface area (Å²) in [4.78, 5) is 30.1. The lowest BCUT2D eigenvalue weighted by Crippen LogP contribution is -2.32. The quantitative estimate of drug-likeness (QED) is 0.880. The molecule has 1 unspecified atom stereocenters. The van der Waals surface area contributed by atoms with Crippen LogP contribution in [0.1, 0.15) is 18.1 Å². The molecule has 126 valence electrons. The van der Waals surface area contributed by atoms with Crippen molar-refractivity contribution in [3.63, 3.8) is 0 Å². The molecular formula is C16H18N4O4. The van der Waals surface area contributed by atoms with Gasteiger partial charge in [-0.3, -0.25) is 9.59 Å². The lowest BCUT2D eigenvalue weighted by Gasteiger charge is -2.17. The highest BCUT2D eigenvalue weighted by atomic mass is 16.5. The third-order valence-electron chi connectivity index (χ3n) is 3.87. The molecule has 1 N–H and O–H groups in total. The molecule has 3 rings (SSSR count). The van der Waals surface area contributed by atoms with Gasteiger partial charge in [-0.05, 0) is 24.3 Å². The number of methoxy groups -OCH3 is 1. The van der Waals surface area contributed by atoms with E-state index in [-0.39, 0.29) is 24.8 Å². The highest BCUT2D eigenvalue weighted by Crippen LogP contribution is 2.26. The molecule has 0 radical (unpaired) electrons. The van der Waals surface area contributed by atoms with Crippen LogP contribution in [0.25, 0.3) is 0 Å². The lowest BCUT2D eigenvalue weighted by molar-refractivity contribution is -0.126. The summed E-state index contributed by atoms with van der Waals surface area (Å²) in [7, 11) is 1.58. The molecular weight excluding hydrogens is 312 g/mol. The molecule has 0 spiro atoms. The Labute approximate surface area is 138 Å². The van der Waals surface area contributed by atoms with E-state index in [9.17, 15) is 9.59 Å². The molecule has 24 heavy (non-hydrogen) atoms. The summed E-state index contributed by atoms with van der Waals surface area (Å²) < 4.78 is 9.95. The first kappa shape index (κ1) is 16.0. The van der Waals surface area contributed by atoms with Crippen LogP contribution in [0.3, 0.4) is 0 Å². The number of anilines is 1. The Bertz CT molecular complexity index is 741. The highest BCUT2D eigenvalue weighted by molar-refractivity contribution is 6.00. The van der Waals surface area contributed by atoms with E-state index in [0.717, 1.165) is 11.4 Å². The number of amides is 2. The minimum Gasteiger partial charge on any atom is -0.497 e. The van der Waals surface area contributed by atoms with Gasteiger partial charge in [0.25, 0.3) is 0 Å². The minimum absolute atomic E-state index is 0.0734. The number of nitrogens with zero attached hydrogens (tertiary/aromatic N) is 3. The maximum absolute atomic E-state index is 12.3. The second kappa shape index (κ2) is 6.69. The number of ether oxygens (including phenoxy) is 1. The van der Waals surface area contributed by atoms with Crippen molar-refractivity contribution in [3.05, 3.63) is 36.0 Å². The van der Waals surface area contributed by atoms with Crippen LogP contribution in [0.5, 0.6) is 5.75 Å². The number of nitrogens with one attached hydrogen (secondary N) is 1. The van der Waals surface area contributed by atoms with Crippen molar-refractivity contribution < 1.29 is 18.8 Å². The van der Waals surface area contributed by atoms with Gasteiger partial charge in [0.2, 0.25) is 17.7 Å². The molecule has 8 heteroatoms. The standard InChI is InChI=1S/C16H18N4O4/c1-10-18-14(19-24-10)8-17-16(22)11-7-15(21)20(9-11)12-3-5-13(23-2)6-4-12/h3-6,11H,7-9H2,1-2H3,(H,17,22). The summed E-state index contributed by atoms with van der Waals surface area (Å²) in [5, 5.41) is 6.46. The number of carbonyl (C=O) groups excluding carboxylic acids is 2. The van der Waals surface area contributed by atoms with Gasteiger partial charge in [-0.15, -0.1) is 0 Å². The van der Waals surface area contributed by atoms with Gasteiger partial charge in [0.15, 0.2) is 5.82 Å². The normalized spacial score (nSPS) is 17.2. The average molecular weight is 330 g/mol. The first-order valence-corrected chi connectivity index (χ1v) is 7.58. The molecule has 2 amide bonds. The Balaban J connectivity index is 1.59. The summed E-state index contributed by atoms with van der Waals surface area (Å²) in [6.45, 7) is 2.21. The Hall–Kier alpha value is -2.90. The molecule has 1 saturated heterocycles. The van der Waals surface area contributed by atoms with Crippen LogP contribution in [0.15, 0.2) is 28.8 Å². The SMILES string of the molecule is COc1ccc(N2CC(C(=O)NCc3noc(C)n3)CC2=O)cc1. The van der Waals surface area contributed by atoms with Crippen molar-refractivity contribution in [2.24, 2.45) is 5.92 Å². The predicted molar refractivity (Wildman–Crippen MR) is 84.3 cm³/mol. The van der Waals surface area contributed by atoms with E-state index in [4.69, 9.17) is 9.26 Å². The van der Waals surface area contributed by atoms with E-state index in [1.165, 1.54) is 0 Å². The number of hydrogen-bond donors (Lipinski definition) is 1. The largest absolute Gasteiger partial charge is 0.497 e. The second-order valence-electron chi connectivity index (χ2n) is 5.55. The fourth-order valence-corrected chi connectivity index (χ4v) is 2.62. The monoisotopic (exact) mass is 330 g/mol. The van der Waals surface area contributed by atoms with Gasteiger partial charge in [0, 0.05) is 25.6 Å². The van der Waals surface area contributed by atoms with Gasteiger partial charge < -0.3 is 19.5 Å². The van der Waals surface area contributed by atoms with Crippen LogP contribution >= 0.6 is 0 Å². The number of carbonyl (C=O) groups is 2. The predicted octanol–water partition coefficient (Wildman–Crippen LogP) is 1.06. The Morgan fingerprint density at radius 3 is 2.79 bits per heavy atom. The molecule has 1 aliphatic heterocycles. The molecule has 1 atom stereocenters. The number of aryl methyl sites for hydroxylation is 1. The molecule has 0 aliphatic carbocycles. The van der Waals surface area contributed by atoms with Gasteiger partial charge >= 0.3 is 0 Å². The first-order chi connectivity index (χ1) is 11.6. The Kier molecular flexibility index (Phi) is 4.45. The fraction of sp³-hybridized carbons (Fsp3) is 0.375. The van der Waals surface area contributed by atoms with Gasteiger partial charge in [0.1, 0.15) is 5.75 Å². The molecule has 0 bridgehead atoms. The average Bonchev–Trinajstić information content (AvgIpc) is 3.18. The second-order valence-corrected chi connectivity index (χ2v) is 5.55. The van der Waals surface area contributed by atoms with E-state index < -0.39 is 5.92 Å². The van der Waals surface area contributed by atoms with Crippen molar-refractivity contribution >= 4 is 17.5 Å². The third-order valence-corrected chi connectivity index (χ3v) is 3.87. The van der Waals surface area contributed by atoms with Crippen molar-refractivity contribution in [2.45, 2.75) is 19.9 Å². The lowest BCUT2D eigenvalue weighted by atomic mass is 10.1. The number of benzene rings is 1. The topological polar surface area (TPSA) is 97.6 Å². The van der Waals surface area contributed by atoms with E-state index in [2.05, 4.69) is 15.5 Å². The fourth-order valence-electron chi connectivity index (χ4n) is 2.62. The van der Waals surface area contributed by atoms with Gasteiger partial charge in [-0.2, -0.15) is 4.98 Å². The summed E-state index contributed by atoms with van der Waals surface area (Å²) in [5.74, 6) is 0.915. The third kappa shape index (κ3) is 3.37. The number of rotatable bonds is 5. The Morgan fingerprint density at radius 2 is 2.17 bits per heavy atom. The first-order valence-electron chi connectivity index (χ1n) is 7.58. The van der Waals surface area contributed by atoms with Crippen LogP contribution < -0.4 is 15.0 Å². The van der Waals surface area contributed by atoms with E-state index in [1.54, 1.807) is 43.2 Å². The maximum Gasteiger partial charge on any atom is 0.227 e. The molecule has 1 fully saturated rings. The molecule has 1 aromatic carbocycles. The molecule has 1 aromatic heterocycles. The highest BCUT2D eigenvalue weighted by Gasteiger charge is 2.35. The zero-order valence-corrected chi connectivity index (χ0v) is 13.5. The van der Waals surface area contributed by atoms with Gasteiger partial charge in [0.05, 0.1) is 19.6 Å². The van der Waals surface area contributed by atoms with Gasteiger partial charge in [-0.1, -0.05) is 5.16 Å². The summed E-state index contributed by atoms with van der Waals surface area (Å²) in [5.41, 5.74) is 0.755. The van der Waals surface area contributed by atoms with E-state index in [1.807, 2.05) is 0 Å². The zero-order valence-electron chi connectivity index (χ0n) is 13.5. The number of hydrogen-bond acceptors (Lipinski definition) is 6. The van der Waals surface area contributed by atoms with Crippen molar-refractivity contribution in [1.82, 2.24) is 15.5 Å². The van der Waals surface area contributed by atoms with Gasteiger partial charge in [-0.25, -0.2) is 0 Å². The van der Waals surface area contributed by atoms with Crippen LogP contribution in [-0.2, 0) is 16.1 Å². The smallest absolute Gasteiger partial charge is 0.227 e. The molecule has 2 heterocycles. The van der Waals surface area contributed by atoms with Crippen molar-refractivity contribution in [3.8, 4) is 5.75 Å². The van der Waals surface area contributed by atoms with Crippen LogP contribution in [0, 0.1) is 12.8 Å². The van der Waals surface area contributed by atoms with Crippen LogP contribution in [0.4, 0.5) is 5.69 Å². The van der Waals surface area contributed by atoms with E-state index >= 15 is 0 Å². The minimum atomic E-state index is -0.396. The molecule has 2 aromatic rings. The van der Waals surface area contributed by atoms with Crippen molar-refractivity contribution in [2.75, 3.05) is 18.6 Å². The van der Waals surface area contributed by atoms with E-state index in [0.29, 0.717) is 18.3 Å². The summed E-state index contributed by atoms with van der Waals surface area (Å²) in [6, 6.07) is 7.18.